The number of rotatable bonds is 6. The van der Waals surface area contributed by atoms with E-state index in [2.05, 4.69) is 26.1 Å². The van der Waals surface area contributed by atoms with Crippen LogP contribution in [0.5, 0.6) is 0 Å². The molecule has 2 heterocycles. The molecule has 0 saturated carbocycles. The van der Waals surface area contributed by atoms with Crippen LogP contribution in [0.4, 0.5) is 29.5 Å². The van der Waals surface area contributed by atoms with Gasteiger partial charge < -0.3 is 20.5 Å². The van der Waals surface area contributed by atoms with Crippen LogP contribution in [0, 0.1) is 0 Å². The van der Waals surface area contributed by atoms with Gasteiger partial charge in [0.2, 0.25) is 0 Å². The predicted molar refractivity (Wildman–Crippen MR) is 103 cm³/mol. The van der Waals surface area contributed by atoms with E-state index >= 15 is 0 Å². The van der Waals surface area contributed by atoms with Crippen molar-refractivity contribution >= 4 is 29.1 Å². The molecule has 3 aromatic rings. The van der Waals surface area contributed by atoms with E-state index in [1.54, 1.807) is 12.1 Å². The minimum atomic E-state index is -4.60. The molecule has 0 spiro atoms. The first-order valence-electron chi connectivity index (χ1n) is 8.45. The van der Waals surface area contributed by atoms with Crippen LogP contribution in [0.2, 0.25) is 5.02 Å². The van der Waals surface area contributed by atoms with Crippen LogP contribution >= 0.6 is 11.6 Å². The minimum Gasteiger partial charge on any atom is -0.367 e. The zero-order chi connectivity index (χ0) is 20.9. The molecule has 2 aromatic heterocycles. The number of aromatic nitrogens is 3. The molecule has 3 N–H and O–H groups in total. The zero-order valence-corrected chi connectivity index (χ0v) is 15.6. The van der Waals surface area contributed by atoms with Crippen molar-refractivity contribution in [3.8, 4) is 5.82 Å². The number of nitrogens with one attached hydrogen (secondary N) is 3. The smallest absolute Gasteiger partial charge is 0.367 e. The highest BCUT2D eigenvalue weighted by Crippen LogP contribution is 2.36. The minimum absolute atomic E-state index is 0.0151. The fourth-order valence-corrected chi connectivity index (χ4v) is 2.63. The maximum absolute atomic E-state index is 12.8. The third-order valence-corrected chi connectivity index (χ3v) is 4.10. The van der Waals surface area contributed by atoms with Crippen molar-refractivity contribution in [2.75, 3.05) is 23.7 Å². The zero-order valence-electron chi connectivity index (χ0n) is 14.9. The maximum Gasteiger partial charge on any atom is 0.417 e. The first-order valence-corrected chi connectivity index (χ1v) is 8.83. The third-order valence-electron chi connectivity index (χ3n) is 3.77. The molecule has 11 heteroatoms. The summed E-state index contributed by atoms with van der Waals surface area (Å²) in [6.07, 6.45) is -0.914. The van der Waals surface area contributed by atoms with E-state index in [4.69, 9.17) is 11.6 Å². The van der Waals surface area contributed by atoms with Crippen molar-refractivity contribution in [3.63, 3.8) is 0 Å². The third kappa shape index (κ3) is 5.61. The molecule has 29 heavy (non-hydrogen) atoms. The first kappa shape index (κ1) is 20.5. The van der Waals surface area contributed by atoms with Crippen molar-refractivity contribution in [2.24, 2.45) is 0 Å². The van der Waals surface area contributed by atoms with Gasteiger partial charge in [0.15, 0.2) is 5.82 Å². The van der Waals surface area contributed by atoms with Gasteiger partial charge in [0, 0.05) is 31.2 Å². The van der Waals surface area contributed by atoms with E-state index in [0.717, 1.165) is 12.1 Å². The van der Waals surface area contributed by atoms with Crippen LogP contribution in [-0.2, 0) is 6.18 Å². The van der Waals surface area contributed by atoms with Crippen LogP contribution in [0.1, 0.15) is 5.56 Å². The van der Waals surface area contributed by atoms with E-state index in [1.807, 2.05) is 29.1 Å². The van der Waals surface area contributed by atoms with Crippen LogP contribution in [0.25, 0.3) is 5.82 Å². The molecule has 152 valence electrons. The summed E-state index contributed by atoms with van der Waals surface area (Å²) in [5, 5.41) is 15.5. The highest BCUT2D eigenvalue weighted by molar-refractivity contribution is 6.31. The highest BCUT2D eigenvalue weighted by Gasteiger charge is 2.33. The summed E-state index contributed by atoms with van der Waals surface area (Å²) in [7, 11) is 0. The number of urea groups is 1. The van der Waals surface area contributed by atoms with Crippen molar-refractivity contribution in [3.05, 3.63) is 65.4 Å². The van der Waals surface area contributed by atoms with E-state index in [-0.39, 0.29) is 12.2 Å². The van der Waals surface area contributed by atoms with Gasteiger partial charge in [-0.25, -0.2) is 4.79 Å². The number of nitrogens with zero attached hydrogens (tertiary/aromatic N) is 3. The van der Waals surface area contributed by atoms with Gasteiger partial charge in [-0.3, -0.25) is 0 Å². The summed E-state index contributed by atoms with van der Waals surface area (Å²) in [5.41, 5.74) is -1.03. The SMILES string of the molecule is O=C(NCCNc1ccc(-n2cccc2)nn1)Nc1ccc(Cl)c(C(F)(F)F)c1. The Morgan fingerprint density at radius 1 is 1.07 bits per heavy atom. The molecule has 0 aliphatic rings. The van der Waals surface area contributed by atoms with Gasteiger partial charge in [0.25, 0.3) is 0 Å². The largest absolute Gasteiger partial charge is 0.417 e. The lowest BCUT2D eigenvalue weighted by atomic mass is 10.2. The monoisotopic (exact) mass is 424 g/mol. The number of alkyl halides is 3. The number of benzene rings is 1. The molecule has 0 bridgehead atoms. The van der Waals surface area contributed by atoms with E-state index in [0.29, 0.717) is 18.2 Å². The Kier molecular flexibility index (Phi) is 6.23. The Hall–Kier alpha value is -3.27. The fraction of sp³-hybridized carbons (Fsp3) is 0.167. The van der Waals surface area contributed by atoms with E-state index < -0.39 is 22.8 Å². The number of hydrogen-bond acceptors (Lipinski definition) is 4. The summed E-state index contributed by atoms with van der Waals surface area (Å²) in [6.45, 7) is 0.561. The Morgan fingerprint density at radius 3 is 2.48 bits per heavy atom. The fourth-order valence-electron chi connectivity index (χ4n) is 2.41. The number of anilines is 2. The van der Waals surface area contributed by atoms with Crippen molar-refractivity contribution < 1.29 is 18.0 Å². The highest BCUT2D eigenvalue weighted by atomic mass is 35.5. The molecule has 0 unspecified atom stereocenters. The van der Waals surface area contributed by atoms with Crippen molar-refractivity contribution in [1.82, 2.24) is 20.1 Å². The van der Waals surface area contributed by atoms with E-state index in [9.17, 15) is 18.0 Å². The Morgan fingerprint density at radius 2 is 1.83 bits per heavy atom. The molecular weight excluding hydrogens is 409 g/mol. The molecule has 1 aromatic carbocycles. The van der Waals surface area contributed by atoms with Gasteiger partial charge >= 0.3 is 12.2 Å². The average Bonchev–Trinajstić information content (AvgIpc) is 3.21. The van der Waals surface area contributed by atoms with E-state index in [1.165, 1.54) is 6.07 Å². The van der Waals surface area contributed by atoms with Crippen LogP contribution in [0.15, 0.2) is 54.9 Å². The maximum atomic E-state index is 12.8. The molecule has 0 radical (unpaired) electrons. The number of carbonyl (C=O) groups excluding carboxylic acids is 1. The Bertz CT molecular complexity index is 961. The van der Waals surface area contributed by atoms with Crippen molar-refractivity contribution in [1.29, 1.82) is 0 Å². The lowest BCUT2D eigenvalue weighted by Crippen LogP contribution is -2.32. The molecule has 2 amide bonds. The number of halogens is 4. The standard InChI is InChI=1S/C18H16ClF3N6O/c19-14-4-3-12(11-13(14)18(20,21)22)25-17(29)24-8-7-23-15-5-6-16(27-26-15)28-9-1-2-10-28/h1-6,9-11H,7-8H2,(H,23,26)(H2,24,25,29). The van der Waals surface area contributed by atoms with Crippen LogP contribution in [0.3, 0.4) is 0 Å². The lowest BCUT2D eigenvalue weighted by Gasteiger charge is -2.12. The second kappa shape index (κ2) is 8.82. The summed E-state index contributed by atoms with van der Waals surface area (Å²) >= 11 is 5.55. The van der Waals surface area contributed by atoms with Gasteiger partial charge in [-0.2, -0.15) is 13.2 Å². The molecular formula is C18H16ClF3N6O. The van der Waals surface area contributed by atoms with Crippen LogP contribution in [-0.4, -0.2) is 33.9 Å². The number of carbonyl (C=O) groups is 1. The normalized spacial score (nSPS) is 11.2. The molecule has 0 atom stereocenters. The summed E-state index contributed by atoms with van der Waals surface area (Å²) in [6, 6.07) is 9.79. The Labute approximate surface area is 168 Å². The van der Waals surface area contributed by atoms with Gasteiger partial charge in [-0.15, -0.1) is 10.2 Å². The summed E-state index contributed by atoms with van der Waals surface area (Å²) < 4.78 is 40.4. The second-order valence-electron chi connectivity index (χ2n) is 5.87. The van der Waals surface area contributed by atoms with Gasteiger partial charge in [-0.1, -0.05) is 11.6 Å². The number of amides is 2. The van der Waals surface area contributed by atoms with Crippen LogP contribution < -0.4 is 16.0 Å². The first-order chi connectivity index (χ1) is 13.8. The number of hydrogen-bond donors (Lipinski definition) is 3. The molecule has 0 saturated heterocycles. The lowest BCUT2D eigenvalue weighted by molar-refractivity contribution is -0.137. The predicted octanol–water partition coefficient (Wildman–Crippen LogP) is 4.17. The molecule has 3 rings (SSSR count). The molecule has 0 aliphatic heterocycles. The second-order valence-corrected chi connectivity index (χ2v) is 6.27. The molecule has 0 aliphatic carbocycles. The van der Waals surface area contributed by atoms with Gasteiger partial charge in [-0.05, 0) is 42.5 Å². The Balaban J connectivity index is 1.44. The molecule has 0 fully saturated rings. The van der Waals surface area contributed by atoms with Crippen molar-refractivity contribution in [2.45, 2.75) is 6.18 Å². The average molecular weight is 425 g/mol. The summed E-state index contributed by atoms with van der Waals surface area (Å²) in [5.74, 6) is 1.19. The van der Waals surface area contributed by atoms with Gasteiger partial charge in [0.05, 0.1) is 10.6 Å². The topological polar surface area (TPSA) is 83.9 Å². The summed E-state index contributed by atoms with van der Waals surface area (Å²) in [4.78, 5) is 11.9. The quantitative estimate of drug-likeness (QED) is 0.518. The molecule has 7 nitrogen and oxygen atoms in total. The van der Waals surface area contributed by atoms with Gasteiger partial charge in [0.1, 0.15) is 5.82 Å².